The summed E-state index contributed by atoms with van der Waals surface area (Å²) >= 11 is 0. The quantitative estimate of drug-likeness (QED) is 0.864. The molecule has 0 atom stereocenters. The zero-order valence-electron chi connectivity index (χ0n) is 11.0. The molecule has 0 aliphatic heterocycles. The molecule has 2 rings (SSSR count). The van der Waals surface area contributed by atoms with E-state index in [0.29, 0.717) is 5.56 Å². The lowest BCUT2D eigenvalue weighted by Crippen LogP contribution is -2.05. The van der Waals surface area contributed by atoms with Crippen LogP contribution in [0.1, 0.15) is 16.7 Å². The number of hydrogen-bond donors (Lipinski definition) is 1. The zero-order valence-corrected chi connectivity index (χ0v) is 11.0. The molecule has 0 saturated heterocycles. The van der Waals surface area contributed by atoms with E-state index in [1.807, 2.05) is 51.2 Å². The van der Waals surface area contributed by atoms with E-state index in [0.717, 1.165) is 23.2 Å². The summed E-state index contributed by atoms with van der Waals surface area (Å²) in [5.74, 6) is -0.163. The molecule has 0 aliphatic rings. The third-order valence-electron chi connectivity index (χ3n) is 3.31. The van der Waals surface area contributed by atoms with Crippen LogP contribution < -0.4 is 5.32 Å². The van der Waals surface area contributed by atoms with Crippen LogP contribution in [0.15, 0.2) is 36.4 Å². The molecule has 0 spiro atoms. The van der Waals surface area contributed by atoms with Crippen molar-refractivity contribution in [1.82, 2.24) is 5.32 Å². The Morgan fingerprint density at radius 1 is 1.06 bits per heavy atom. The van der Waals surface area contributed by atoms with Gasteiger partial charge in [-0.2, -0.15) is 0 Å². The molecular weight excluding hydrogens is 225 g/mol. The van der Waals surface area contributed by atoms with Gasteiger partial charge in [-0.25, -0.2) is 4.39 Å². The first-order valence-electron chi connectivity index (χ1n) is 6.13. The summed E-state index contributed by atoms with van der Waals surface area (Å²) in [6, 6.07) is 11.3. The molecule has 1 nitrogen and oxygen atoms in total. The number of rotatable bonds is 3. The highest BCUT2D eigenvalue weighted by Crippen LogP contribution is 2.28. The van der Waals surface area contributed by atoms with Crippen LogP contribution in [0.4, 0.5) is 4.39 Å². The van der Waals surface area contributed by atoms with E-state index >= 15 is 0 Å². The van der Waals surface area contributed by atoms with Gasteiger partial charge in [0.1, 0.15) is 5.82 Å². The third kappa shape index (κ3) is 2.44. The topological polar surface area (TPSA) is 12.0 Å². The molecular formula is C16H18FN. The lowest BCUT2D eigenvalue weighted by molar-refractivity contribution is 0.630. The maximum Gasteiger partial charge on any atom is 0.131 e. The largest absolute Gasteiger partial charge is 0.316 e. The van der Waals surface area contributed by atoms with Gasteiger partial charge in [-0.05, 0) is 55.3 Å². The Labute approximate surface area is 108 Å². The highest BCUT2D eigenvalue weighted by molar-refractivity contribution is 5.69. The van der Waals surface area contributed by atoms with Gasteiger partial charge < -0.3 is 5.32 Å². The van der Waals surface area contributed by atoms with E-state index in [-0.39, 0.29) is 5.82 Å². The van der Waals surface area contributed by atoms with Gasteiger partial charge in [-0.3, -0.25) is 0 Å². The first-order chi connectivity index (χ1) is 8.63. The Bertz CT molecular complexity index is 561. The summed E-state index contributed by atoms with van der Waals surface area (Å²) < 4.78 is 14.0. The lowest BCUT2D eigenvalue weighted by Gasteiger charge is -2.11. The van der Waals surface area contributed by atoms with Gasteiger partial charge in [0.05, 0.1) is 0 Å². The molecule has 0 aromatic heterocycles. The molecule has 0 radical (unpaired) electrons. The van der Waals surface area contributed by atoms with Crippen molar-refractivity contribution in [2.24, 2.45) is 0 Å². The van der Waals surface area contributed by atoms with Crippen molar-refractivity contribution in [2.75, 3.05) is 7.05 Å². The van der Waals surface area contributed by atoms with E-state index in [1.165, 1.54) is 5.56 Å². The van der Waals surface area contributed by atoms with Gasteiger partial charge in [-0.1, -0.05) is 24.3 Å². The monoisotopic (exact) mass is 243 g/mol. The Balaban J connectivity index is 2.55. The van der Waals surface area contributed by atoms with Crippen LogP contribution in [0.5, 0.6) is 0 Å². The van der Waals surface area contributed by atoms with E-state index in [1.54, 1.807) is 6.07 Å². The number of benzene rings is 2. The highest BCUT2D eigenvalue weighted by Gasteiger charge is 2.09. The van der Waals surface area contributed by atoms with Gasteiger partial charge in [0.2, 0.25) is 0 Å². The number of aryl methyl sites for hydroxylation is 1. The van der Waals surface area contributed by atoms with Crippen LogP contribution in [0.2, 0.25) is 0 Å². The van der Waals surface area contributed by atoms with Crippen molar-refractivity contribution in [3.05, 3.63) is 58.9 Å². The van der Waals surface area contributed by atoms with Gasteiger partial charge in [0.25, 0.3) is 0 Å². The van der Waals surface area contributed by atoms with Crippen LogP contribution in [0.25, 0.3) is 11.1 Å². The Morgan fingerprint density at radius 2 is 1.83 bits per heavy atom. The van der Waals surface area contributed by atoms with Crippen LogP contribution in [-0.4, -0.2) is 7.05 Å². The minimum absolute atomic E-state index is 0.163. The summed E-state index contributed by atoms with van der Waals surface area (Å²) in [5.41, 5.74) is 5.08. The van der Waals surface area contributed by atoms with Crippen molar-refractivity contribution in [2.45, 2.75) is 20.4 Å². The molecule has 2 aromatic carbocycles. The summed E-state index contributed by atoms with van der Waals surface area (Å²) in [4.78, 5) is 0. The smallest absolute Gasteiger partial charge is 0.131 e. The molecule has 94 valence electrons. The molecule has 0 amide bonds. The van der Waals surface area contributed by atoms with Gasteiger partial charge in [0, 0.05) is 12.1 Å². The summed E-state index contributed by atoms with van der Waals surface area (Å²) in [6.45, 7) is 4.83. The maximum atomic E-state index is 14.0. The van der Waals surface area contributed by atoms with Crippen LogP contribution in [-0.2, 0) is 6.54 Å². The number of nitrogens with one attached hydrogen (secondary N) is 1. The normalized spacial score (nSPS) is 10.7. The fraction of sp³-hybridized carbons (Fsp3) is 0.250. The van der Waals surface area contributed by atoms with Crippen molar-refractivity contribution in [3.8, 4) is 11.1 Å². The van der Waals surface area contributed by atoms with Crippen LogP contribution in [0, 0.1) is 19.7 Å². The average Bonchev–Trinajstić information content (AvgIpc) is 2.36. The van der Waals surface area contributed by atoms with Gasteiger partial charge in [-0.15, -0.1) is 0 Å². The summed E-state index contributed by atoms with van der Waals surface area (Å²) in [7, 11) is 1.89. The van der Waals surface area contributed by atoms with Crippen LogP contribution in [0.3, 0.4) is 0 Å². The van der Waals surface area contributed by atoms with E-state index in [4.69, 9.17) is 0 Å². The number of hydrogen-bond acceptors (Lipinski definition) is 1. The van der Waals surface area contributed by atoms with Crippen molar-refractivity contribution in [3.63, 3.8) is 0 Å². The fourth-order valence-corrected chi connectivity index (χ4v) is 2.14. The zero-order chi connectivity index (χ0) is 13.1. The Hall–Kier alpha value is -1.67. The second-order valence-corrected chi connectivity index (χ2v) is 4.59. The predicted molar refractivity (Wildman–Crippen MR) is 74.1 cm³/mol. The SMILES string of the molecule is CNCc1ccc(F)c(-c2cccc(C)c2C)c1. The molecule has 0 bridgehead atoms. The van der Waals surface area contributed by atoms with Gasteiger partial charge >= 0.3 is 0 Å². The van der Waals surface area contributed by atoms with Crippen LogP contribution >= 0.6 is 0 Å². The summed E-state index contributed by atoms with van der Waals surface area (Å²) in [6.07, 6.45) is 0. The summed E-state index contributed by atoms with van der Waals surface area (Å²) in [5, 5.41) is 3.09. The third-order valence-corrected chi connectivity index (χ3v) is 3.31. The van der Waals surface area contributed by atoms with Gasteiger partial charge in [0.15, 0.2) is 0 Å². The molecule has 2 aromatic rings. The average molecular weight is 243 g/mol. The Morgan fingerprint density at radius 3 is 2.56 bits per heavy atom. The van der Waals surface area contributed by atoms with E-state index in [2.05, 4.69) is 5.32 Å². The molecule has 0 aliphatic carbocycles. The molecule has 0 saturated carbocycles. The lowest BCUT2D eigenvalue weighted by atomic mass is 9.95. The second kappa shape index (κ2) is 5.32. The molecule has 0 heterocycles. The molecule has 1 N–H and O–H groups in total. The minimum Gasteiger partial charge on any atom is -0.316 e. The van der Waals surface area contributed by atoms with E-state index in [9.17, 15) is 4.39 Å². The van der Waals surface area contributed by atoms with Crippen molar-refractivity contribution < 1.29 is 4.39 Å². The molecule has 0 unspecified atom stereocenters. The minimum atomic E-state index is -0.163. The predicted octanol–water partition coefficient (Wildman–Crippen LogP) is 3.83. The Kier molecular flexibility index (Phi) is 3.78. The van der Waals surface area contributed by atoms with Crippen molar-refractivity contribution in [1.29, 1.82) is 0 Å². The molecule has 2 heteroatoms. The fourth-order valence-electron chi connectivity index (χ4n) is 2.14. The molecule has 0 fully saturated rings. The molecule has 18 heavy (non-hydrogen) atoms. The standard InChI is InChI=1S/C16H18FN/c1-11-5-4-6-14(12(11)2)15-9-13(10-18-3)7-8-16(15)17/h4-9,18H,10H2,1-3H3. The first-order valence-corrected chi connectivity index (χ1v) is 6.13. The van der Waals surface area contributed by atoms with Crippen molar-refractivity contribution >= 4 is 0 Å². The number of halogens is 1. The highest BCUT2D eigenvalue weighted by atomic mass is 19.1. The first kappa shape index (κ1) is 12.8. The maximum absolute atomic E-state index is 14.0. The second-order valence-electron chi connectivity index (χ2n) is 4.59. The van der Waals surface area contributed by atoms with E-state index < -0.39 is 0 Å².